The minimum absolute atomic E-state index is 0.171. The Balaban J connectivity index is 2.12. The average Bonchev–Trinajstić information content (AvgIpc) is 2.73. The van der Waals surface area contributed by atoms with E-state index in [1.54, 1.807) is 6.92 Å². The van der Waals surface area contributed by atoms with Gasteiger partial charge in [0.05, 0.1) is 0 Å². The fraction of sp³-hybridized carbons (Fsp3) is 0.812. The van der Waals surface area contributed by atoms with Crippen molar-refractivity contribution in [3.8, 4) is 0 Å². The van der Waals surface area contributed by atoms with Gasteiger partial charge in [0.1, 0.15) is 5.60 Å². The highest BCUT2D eigenvalue weighted by molar-refractivity contribution is 5.87. The Morgan fingerprint density at radius 2 is 1.89 bits per heavy atom. The van der Waals surface area contributed by atoms with E-state index in [-0.39, 0.29) is 11.6 Å². The largest absolute Gasteiger partial charge is 0.455 e. The van der Waals surface area contributed by atoms with Gasteiger partial charge in [0.15, 0.2) is 0 Å². The summed E-state index contributed by atoms with van der Waals surface area (Å²) in [6.45, 7) is 7.74. The Morgan fingerprint density at radius 3 is 2.39 bits per heavy atom. The Morgan fingerprint density at radius 1 is 1.22 bits per heavy atom. The van der Waals surface area contributed by atoms with Gasteiger partial charge in [0.25, 0.3) is 0 Å². The number of rotatable bonds is 3. The van der Waals surface area contributed by atoms with Crippen LogP contribution in [-0.2, 0) is 9.53 Å². The molecule has 0 aromatic carbocycles. The van der Waals surface area contributed by atoms with Crippen molar-refractivity contribution in [2.45, 2.75) is 70.8 Å². The first kappa shape index (κ1) is 13.6. The zero-order valence-corrected chi connectivity index (χ0v) is 11.8. The molecule has 0 aromatic rings. The van der Waals surface area contributed by atoms with Crippen LogP contribution in [0, 0.1) is 11.8 Å². The van der Waals surface area contributed by atoms with Crippen molar-refractivity contribution < 1.29 is 9.53 Å². The molecule has 0 aliphatic heterocycles. The summed E-state index contributed by atoms with van der Waals surface area (Å²) in [5.41, 5.74) is 0.361. The Bertz CT molecular complexity index is 328. The van der Waals surface area contributed by atoms with Crippen LogP contribution in [0.1, 0.15) is 65.2 Å². The molecule has 18 heavy (non-hydrogen) atoms. The topological polar surface area (TPSA) is 26.3 Å². The summed E-state index contributed by atoms with van der Waals surface area (Å²) >= 11 is 0. The van der Waals surface area contributed by atoms with E-state index in [1.807, 2.05) is 0 Å². The van der Waals surface area contributed by atoms with Gasteiger partial charge in [0.2, 0.25) is 0 Å². The van der Waals surface area contributed by atoms with Crippen LogP contribution in [0.2, 0.25) is 0 Å². The lowest BCUT2D eigenvalue weighted by Crippen LogP contribution is -2.41. The Kier molecular flexibility index (Phi) is 4.14. The molecule has 2 aliphatic rings. The Hall–Kier alpha value is -0.790. The number of hydrogen-bond donors (Lipinski definition) is 0. The highest BCUT2D eigenvalue weighted by atomic mass is 16.6. The molecular weight excluding hydrogens is 224 g/mol. The monoisotopic (exact) mass is 250 g/mol. The minimum atomic E-state index is -0.185. The maximum Gasteiger partial charge on any atom is 0.333 e. The molecule has 0 amide bonds. The van der Waals surface area contributed by atoms with Crippen LogP contribution in [0.25, 0.3) is 0 Å². The van der Waals surface area contributed by atoms with E-state index < -0.39 is 0 Å². The van der Waals surface area contributed by atoms with Crippen LogP contribution in [0.3, 0.4) is 0 Å². The van der Waals surface area contributed by atoms with Gasteiger partial charge in [-0.15, -0.1) is 0 Å². The molecule has 2 heteroatoms. The fourth-order valence-corrected chi connectivity index (χ4v) is 3.73. The van der Waals surface area contributed by atoms with Crippen molar-refractivity contribution in [1.82, 2.24) is 0 Å². The molecule has 2 nitrogen and oxygen atoms in total. The summed E-state index contributed by atoms with van der Waals surface area (Å²) in [7, 11) is 0. The third-order valence-electron chi connectivity index (χ3n) is 4.75. The minimum Gasteiger partial charge on any atom is -0.455 e. The molecule has 0 aromatic heterocycles. The molecule has 0 bridgehead atoms. The fourth-order valence-electron chi connectivity index (χ4n) is 3.73. The van der Waals surface area contributed by atoms with Gasteiger partial charge in [-0.1, -0.05) is 32.8 Å². The standard InChI is InChI=1S/C16H26O2/c1-12(2)15(17)18-16(10-9-13(3)11-16)14-7-5-4-6-8-14/h13-14H,1,4-11H2,2-3H3. The first-order valence-electron chi connectivity index (χ1n) is 7.42. The van der Waals surface area contributed by atoms with E-state index in [0.717, 1.165) is 12.8 Å². The zero-order chi connectivity index (χ0) is 13.2. The van der Waals surface area contributed by atoms with Gasteiger partial charge in [-0.2, -0.15) is 0 Å². The van der Waals surface area contributed by atoms with Crippen molar-refractivity contribution >= 4 is 5.97 Å². The lowest BCUT2D eigenvalue weighted by Gasteiger charge is -2.39. The van der Waals surface area contributed by atoms with E-state index in [0.29, 0.717) is 17.4 Å². The summed E-state index contributed by atoms with van der Waals surface area (Å²) in [5.74, 6) is 1.08. The van der Waals surface area contributed by atoms with Crippen molar-refractivity contribution in [2.24, 2.45) is 11.8 Å². The highest BCUT2D eigenvalue weighted by Crippen LogP contribution is 2.47. The van der Waals surface area contributed by atoms with Crippen molar-refractivity contribution in [2.75, 3.05) is 0 Å². The van der Waals surface area contributed by atoms with E-state index in [9.17, 15) is 4.79 Å². The molecule has 102 valence electrons. The van der Waals surface area contributed by atoms with Crippen LogP contribution in [0.15, 0.2) is 12.2 Å². The number of ether oxygens (including phenoxy) is 1. The molecule has 0 saturated heterocycles. The number of carbonyl (C=O) groups is 1. The number of hydrogen-bond acceptors (Lipinski definition) is 2. The predicted octanol–water partition coefficient (Wildman–Crippen LogP) is 4.24. The van der Waals surface area contributed by atoms with Crippen LogP contribution in [0.4, 0.5) is 0 Å². The molecule has 0 N–H and O–H groups in total. The number of carbonyl (C=O) groups excluding carboxylic acids is 1. The molecule has 0 heterocycles. The van der Waals surface area contributed by atoms with Crippen LogP contribution in [0.5, 0.6) is 0 Å². The number of esters is 1. The maximum absolute atomic E-state index is 11.9. The second-order valence-electron chi connectivity index (χ2n) is 6.42. The molecule has 2 saturated carbocycles. The van der Waals surface area contributed by atoms with Crippen LogP contribution in [-0.4, -0.2) is 11.6 Å². The van der Waals surface area contributed by atoms with E-state index in [2.05, 4.69) is 13.5 Å². The highest BCUT2D eigenvalue weighted by Gasteiger charge is 2.47. The van der Waals surface area contributed by atoms with Gasteiger partial charge in [-0.25, -0.2) is 4.79 Å². The molecule has 0 spiro atoms. The predicted molar refractivity (Wildman–Crippen MR) is 73.2 cm³/mol. The molecule has 2 rings (SSSR count). The zero-order valence-electron chi connectivity index (χ0n) is 11.8. The molecular formula is C16H26O2. The molecule has 2 aliphatic carbocycles. The van der Waals surface area contributed by atoms with Crippen LogP contribution >= 0.6 is 0 Å². The lowest BCUT2D eigenvalue weighted by atomic mass is 9.75. The summed E-state index contributed by atoms with van der Waals surface area (Å²) in [5, 5.41) is 0. The SMILES string of the molecule is C=C(C)C(=O)OC1(C2CCCCC2)CCC(C)C1. The second kappa shape index (κ2) is 5.46. The van der Waals surface area contributed by atoms with Gasteiger partial charge in [0, 0.05) is 5.57 Å². The van der Waals surface area contributed by atoms with Gasteiger partial charge < -0.3 is 4.74 Å². The molecule has 2 unspecified atom stereocenters. The summed E-state index contributed by atoms with van der Waals surface area (Å²) in [6.07, 6.45) is 9.70. The second-order valence-corrected chi connectivity index (χ2v) is 6.42. The average molecular weight is 250 g/mol. The summed E-state index contributed by atoms with van der Waals surface area (Å²) in [6, 6.07) is 0. The Labute approximate surface area is 111 Å². The summed E-state index contributed by atoms with van der Waals surface area (Å²) < 4.78 is 5.93. The third kappa shape index (κ3) is 2.78. The molecule has 2 atom stereocenters. The van der Waals surface area contributed by atoms with Gasteiger partial charge in [-0.05, 0) is 50.9 Å². The smallest absolute Gasteiger partial charge is 0.333 e. The van der Waals surface area contributed by atoms with Crippen LogP contribution < -0.4 is 0 Å². The molecule has 0 radical (unpaired) electrons. The quantitative estimate of drug-likeness (QED) is 0.553. The van der Waals surface area contributed by atoms with Crippen molar-refractivity contribution in [3.63, 3.8) is 0 Å². The first-order valence-corrected chi connectivity index (χ1v) is 7.42. The van der Waals surface area contributed by atoms with E-state index in [1.165, 1.54) is 38.5 Å². The van der Waals surface area contributed by atoms with Gasteiger partial charge in [-0.3, -0.25) is 0 Å². The normalized spacial score (nSPS) is 33.3. The van der Waals surface area contributed by atoms with E-state index in [4.69, 9.17) is 4.74 Å². The third-order valence-corrected chi connectivity index (χ3v) is 4.75. The summed E-state index contributed by atoms with van der Waals surface area (Å²) in [4.78, 5) is 11.9. The maximum atomic E-state index is 11.9. The first-order chi connectivity index (χ1) is 8.53. The van der Waals surface area contributed by atoms with Crippen molar-refractivity contribution in [1.29, 1.82) is 0 Å². The van der Waals surface area contributed by atoms with Gasteiger partial charge >= 0.3 is 5.97 Å². The van der Waals surface area contributed by atoms with E-state index >= 15 is 0 Å². The molecule has 2 fully saturated rings. The van der Waals surface area contributed by atoms with Crippen molar-refractivity contribution in [3.05, 3.63) is 12.2 Å². The lowest BCUT2D eigenvalue weighted by molar-refractivity contribution is -0.162.